The van der Waals surface area contributed by atoms with Gasteiger partial charge in [0.05, 0.1) is 34.7 Å². The number of hydrogen-bond donors (Lipinski definition) is 4. The van der Waals surface area contributed by atoms with Crippen LogP contribution in [0.4, 0.5) is 18.9 Å². The molecule has 3 heterocycles. The monoisotopic (exact) mass is 531 g/mol. The molecular formula is C28H24F3N7O. The second-order valence-corrected chi connectivity index (χ2v) is 8.66. The normalized spacial score (nSPS) is 11.2. The van der Waals surface area contributed by atoms with E-state index in [1.54, 1.807) is 36.4 Å². The molecule has 0 atom stereocenters. The van der Waals surface area contributed by atoms with Gasteiger partial charge >= 0.3 is 0 Å². The summed E-state index contributed by atoms with van der Waals surface area (Å²) in [6, 6.07) is 17.7. The number of para-hydroxylation sites is 1. The summed E-state index contributed by atoms with van der Waals surface area (Å²) >= 11 is 0. The molecule has 5 rings (SSSR count). The second kappa shape index (κ2) is 11.3. The van der Waals surface area contributed by atoms with E-state index in [1.165, 1.54) is 24.4 Å². The Balaban J connectivity index is 1.56. The maximum Gasteiger partial charge on any atom is 0.280 e. The molecule has 0 radical (unpaired) electrons. The first-order chi connectivity index (χ1) is 18.9. The minimum atomic E-state index is -2.75. The number of benzene rings is 2. The highest BCUT2D eigenvalue weighted by Crippen LogP contribution is 2.32. The van der Waals surface area contributed by atoms with E-state index in [1.807, 2.05) is 12.1 Å². The van der Waals surface area contributed by atoms with Crippen LogP contribution in [0.15, 0.2) is 72.9 Å². The SMILES string of the molecule is NCCNC(=O)c1cnc2ccc(-c3[nH]c(CNc4ccccc4F)nc3-c3cccc(C(F)F)n3)cc2c1. The van der Waals surface area contributed by atoms with Gasteiger partial charge in [0.25, 0.3) is 12.3 Å². The smallest absolute Gasteiger partial charge is 0.280 e. The predicted octanol–water partition coefficient (Wildman–Crippen LogP) is 5.06. The molecule has 0 aliphatic rings. The number of alkyl halides is 2. The molecule has 3 aromatic heterocycles. The van der Waals surface area contributed by atoms with Crippen LogP contribution in [0.25, 0.3) is 33.5 Å². The fourth-order valence-electron chi connectivity index (χ4n) is 4.09. The largest absolute Gasteiger partial charge is 0.375 e. The van der Waals surface area contributed by atoms with Crippen LogP contribution in [-0.4, -0.2) is 38.9 Å². The number of anilines is 1. The van der Waals surface area contributed by atoms with Gasteiger partial charge in [0.1, 0.15) is 23.0 Å². The average Bonchev–Trinajstić information content (AvgIpc) is 3.39. The first kappa shape index (κ1) is 25.9. The van der Waals surface area contributed by atoms with E-state index < -0.39 is 12.2 Å². The molecular weight excluding hydrogens is 507 g/mol. The summed E-state index contributed by atoms with van der Waals surface area (Å²) in [5, 5.41) is 6.40. The van der Waals surface area contributed by atoms with Crippen molar-refractivity contribution < 1.29 is 18.0 Å². The van der Waals surface area contributed by atoms with Crippen LogP contribution in [-0.2, 0) is 6.54 Å². The zero-order valence-corrected chi connectivity index (χ0v) is 20.6. The summed E-state index contributed by atoms with van der Waals surface area (Å²) in [7, 11) is 0. The molecule has 0 saturated carbocycles. The Labute approximate surface area is 221 Å². The van der Waals surface area contributed by atoms with Crippen molar-refractivity contribution in [2.24, 2.45) is 5.73 Å². The van der Waals surface area contributed by atoms with Crippen LogP contribution >= 0.6 is 0 Å². The summed E-state index contributed by atoms with van der Waals surface area (Å²) in [6.07, 6.45) is -1.26. The van der Waals surface area contributed by atoms with Crippen LogP contribution in [0.5, 0.6) is 0 Å². The molecule has 0 aliphatic heterocycles. The van der Waals surface area contributed by atoms with E-state index in [9.17, 15) is 18.0 Å². The van der Waals surface area contributed by atoms with E-state index in [4.69, 9.17) is 5.73 Å². The Hall–Kier alpha value is -4.77. The molecule has 0 bridgehead atoms. The number of rotatable bonds is 9. The van der Waals surface area contributed by atoms with E-state index >= 15 is 0 Å². The average molecular weight is 532 g/mol. The number of carbonyl (C=O) groups excluding carboxylic acids is 1. The van der Waals surface area contributed by atoms with Crippen LogP contribution in [0.2, 0.25) is 0 Å². The van der Waals surface area contributed by atoms with E-state index in [0.717, 1.165) is 0 Å². The summed E-state index contributed by atoms with van der Waals surface area (Å²) in [6.45, 7) is 0.792. The van der Waals surface area contributed by atoms with Crippen molar-refractivity contribution in [2.75, 3.05) is 18.4 Å². The molecule has 2 aromatic carbocycles. The fraction of sp³-hybridized carbons (Fsp3) is 0.143. The number of nitrogens with one attached hydrogen (secondary N) is 3. The van der Waals surface area contributed by atoms with Gasteiger partial charge in [-0.15, -0.1) is 0 Å². The Morgan fingerprint density at radius 2 is 1.87 bits per heavy atom. The molecule has 1 amide bonds. The van der Waals surface area contributed by atoms with Gasteiger partial charge in [-0.3, -0.25) is 9.78 Å². The first-order valence-electron chi connectivity index (χ1n) is 12.1. The molecule has 5 N–H and O–H groups in total. The Morgan fingerprint density at radius 1 is 1.03 bits per heavy atom. The first-order valence-corrected chi connectivity index (χ1v) is 12.1. The zero-order chi connectivity index (χ0) is 27.4. The highest BCUT2D eigenvalue weighted by Gasteiger charge is 2.19. The van der Waals surface area contributed by atoms with Gasteiger partial charge < -0.3 is 21.4 Å². The second-order valence-electron chi connectivity index (χ2n) is 8.66. The Kier molecular flexibility index (Phi) is 7.50. The minimum Gasteiger partial charge on any atom is -0.375 e. The number of pyridine rings is 2. The number of fused-ring (bicyclic) bond motifs is 1. The molecule has 198 valence electrons. The lowest BCUT2D eigenvalue weighted by molar-refractivity contribution is 0.0954. The van der Waals surface area contributed by atoms with Gasteiger partial charge in [0.2, 0.25) is 0 Å². The van der Waals surface area contributed by atoms with Crippen molar-refractivity contribution in [3.8, 4) is 22.6 Å². The van der Waals surface area contributed by atoms with Crippen LogP contribution in [0.1, 0.15) is 28.3 Å². The van der Waals surface area contributed by atoms with Crippen molar-refractivity contribution >= 4 is 22.5 Å². The number of carbonyl (C=O) groups is 1. The third kappa shape index (κ3) is 5.73. The van der Waals surface area contributed by atoms with Gasteiger partial charge in [0.15, 0.2) is 0 Å². The molecule has 39 heavy (non-hydrogen) atoms. The number of nitrogens with zero attached hydrogens (tertiary/aromatic N) is 3. The number of imidazole rings is 1. The third-order valence-electron chi connectivity index (χ3n) is 5.97. The minimum absolute atomic E-state index is 0.142. The maximum absolute atomic E-state index is 14.1. The molecule has 5 aromatic rings. The summed E-state index contributed by atoms with van der Waals surface area (Å²) < 4.78 is 40.9. The molecule has 8 nitrogen and oxygen atoms in total. The third-order valence-corrected chi connectivity index (χ3v) is 5.97. The predicted molar refractivity (Wildman–Crippen MR) is 143 cm³/mol. The fourth-order valence-corrected chi connectivity index (χ4v) is 4.09. The lowest BCUT2D eigenvalue weighted by Crippen LogP contribution is -2.29. The number of hydrogen-bond acceptors (Lipinski definition) is 6. The lowest BCUT2D eigenvalue weighted by atomic mass is 10.0. The summed E-state index contributed by atoms with van der Waals surface area (Å²) in [5.74, 6) is -0.262. The van der Waals surface area contributed by atoms with Crippen molar-refractivity contribution in [1.82, 2.24) is 25.3 Å². The van der Waals surface area contributed by atoms with Gasteiger partial charge in [-0.2, -0.15) is 0 Å². The summed E-state index contributed by atoms with van der Waals surface area (Å²) in [4.78, 5) is 28.8. The van der Waals surface area contributed by atoms with Crippen LogP contribution < -0.4 is 16.4 Å². The molecule has 0 unspecified atom stereocenters. The molecule has 0 fully saturated rings. The maximum atomic E-state index is 14.1. The van der Waals surface area contributed by atoms with Gasteiger partial charge in [0, 0.05) is 30.2 Å². The molecule has 0 aliphatic carbocycles. The lowest BCUT2D eigenvalue weighted by Gasteiger charge is -2.08. The number of amides is 1. The molecule has 11 heteroatoms. The van der Waals surface area contributed by atoms with Gasteiger partial charge in [-0.05, 0) is 42.5 Å². The summed E-state index contributed by atoms with van der Waals surface area (Å²) in [5.41, 5.74) is 8.24. The van der Waals surface area contributed by atoms with E-state index in [0.29, 0.717) is 58.0 Å². The zero-order valence-electron chi connectivity index (χ0n) is 20.6. The van der Waals surface area contributed by atoms with Crippen molar-refractivity contribution in [3.05, 3.63) is 95.8 Å². The van der Waals surface area contributed by atoms with Crippen molar-refractivity contribution in [3.63, 3.8) is 0 Å². The van der Waals surface area contributed by atoms with Crippen LogP contribution in [0, 0.1) is 5.82 Å². The van der Waals surface area contributed by atoms with Gasteiger partial charge in [-0.25, -0.2) is 23.1 Å². The number of aromatic nitrogens is 4. The van der Waals surface area contributed by atoms with Gasteiger partial charge in [-0.1, -0.05) is 24.3 Å². The standard InChI is InChI=1S/C28H24F3N7O/c29-19-4-1-2-5-21(19)35-15-24-37-25(26(38-24)22-6-3-7-23(36-22)27(30)31)16-8-9-20-17(12-16)13-18(14-34-20)28(39)33-11-10-32/h1-9,12-14,27,35H,10-11,15,32H2,(H,33,39)(H,37,38). The number of aromatic amines is 1. The Bertz CT molecular complexity index is 1640. The topological polar surface area (TPSA) is 122 Å². The molecule has 0 saturated heterocycles. The number of nitrogens with two attached hydrogens (primary N) is 1. The van der Waals surface area contributed by atoms with Crippen molar-refractivity contribution in [1.29, 1.82) is 0 Å². The Morgan fingerprint density at radius 3 is 2.67 bits per heavy atom. The number of H-pyrrole nitrogens is 1. The highest BCUT2D eigenvalue weighted by atomic mass is 19.3. The highest BCUT2D eigenvalue weighted by molar-refractivity contribution is 5.98. The number of halogens is 3. The van der Waals surface area contributed by atoms with E-state index in [-0.39, 0.29) is 23.8 Å². The quantitative estimate of drug-likeness (QED) is 0.211. The van der Waals surface area contributed by atoms with E-state index in [2.05, 4.69) is 30.6 Å². The molecule has 0 spiro atoms. The van der Waals surface area contributed by atoms with Crippen LogP contribution in [0.3, 0.4) is 0 Å². The van der Waals surface area contributed by atoms with Crippen molar-refractivity contribution in [2.45, 2.75) is 13.0 Å².